The van der Waals surface area contributed by atoms with Gasteiger partial charge in [0, 0.05) is 0 Å². The minimum atomic E-state index is 1.26. The lowest BCUT2D eigenvalue weighted by molar-refractivity contribution is 1.34. The van der Waals surface area contributed by atoms with Gasteiger partial charge in [-0.15, -0.1) is 0 Å². The molecular formula is C26H24. The molecule has 0 saturated carbocycles. The summed E-state index contributed by atoms with van der Waals surface area (Å²) >= 11 is 0. The van der Waals surface area contributed by atoms with E-state index in [9.17, 15) is 0 Å². The molecule has 0 heteroatoms. The monoisotopic (exact) mass is 336 g/mol. The van der Waals surface area contributed by atoms with Crippen LogP contribution in [0, 0.1) is 13.8 Å². The normalized spacial score (nSPS) is 9.92. The molecule has 0 saturated heterocycles. The van der Waals surface area contributed by atoms with Crippen LogP contribution in [0.4, 0.5) is 0 Å². The molecule has 0 heterocycles. The highest BCUT2D eigenvalue weighted by atomic mass is 14.0. The molecule has 0 aromatic heterocycles. The van der Waals surface area contributed by atoms with Gasteiger partial charge >= 0.3 is 0 Å². The van der Waals surface area contributed by atoms with Gasteiger partial charge in [0.25, 0.3) is 0 Å². The zero-order valence-electron chi connectivity index (χ0n) is 15.4. The van der Waals surface area contributed by atoms with Crippen molar-refractivity contribution in [3.8, 4) is 22.3 Å². The third-order valence-corrected chi connectivity index (χ3v) is 4.50. The molecule has 0 unspecified atom stereocenters. The quantitative estimate of drug-likeness (QED) is 0.359. The molecule has 0 spiro atoms. The second-order valence-electron chi connectivity index (χ2n) is 6.40. The highest BCUT2D eigenvalue weighted by molar-refractivity contribution is 5.72. The summed E-state index contributed by atoms with van der Waals surface area (Å²) in [4.78, 5) is 0. The molecule has 4 rings (SSSR count). The number of hydrogen-bond acceptors (Lipinski definition) is 0. The van der Waals surface area contributed by atoms with E-state index >= 15 is 0 Å². The molecule has 26 heavy (non-hydrogen) atoms. The van der Waals surface area contributed by atoms with Crippen LogP contribution in [-0.2, 0) is 0 Å². The first-order valence-electron chi connectivity index (χ1n) is 8.97. The van der Waals surface area contributed by atoms with Gasteiger partial charge in [-0.05, 0) is 53.3 Å². The van der Waals surface area contributed by atoms with Crippen molar-refractivity contribution in [1.82, 2.24) is 0 Å². The molecule has 0 nitrogen and oxygen atoms in total. The van der Waals surface area contributed by atoms with Crippen LogP contribution >= 0.6 is 0 Å². The lowest BCUT2D eigenvalue weighted by atomic mass is 9.99. The lowest BCUT2D eigenvalue weighted by Crippen LogP contribution is -1.80. The van der Waals surface area contributed by atoms with Crippen molar-refractivity contribution in [1.29, 1.82) is 0 Å². The molecule has 0 atom stereocenters. The van der Waals surface area contributed by atoms with Gasteiger partial charge in [-0.1, -0.05) is 103 Å². The zero-order valence-corrected chi connectivity index (χ0v) is 15.4. The Morgan fingerprint density at radius 2 is 0.692 bits per heavy atom. The lowest BCUT2D eigenvalue weighted by Gasteiger charge is -2.05. The Morgan fingerprint density at radius 3 is 1.08 bits per heavy atom. The highest BCUT2D eigenvalue weighted by Gasteiger charge is 2.00. The summed E-state index contributed by atoms with van der Waals surface area (Å²) in [5.74, 6) is 0. The summed E-state index contributed by atoms with van der Waals surface area (Å²) in [6.07, 6.45) is 0. The van der Waals surface area contributed by atoms with Gasteiger partial charge in [-0.3, -0.25) is 0 Å². The standard InChI is InChI=1S/C18H14.C8H10/c1-3-8-15(9-4-1)17-12-7-13-18(14-17)16-10-5-2-6-11-16;1-7-5-3-4-6-8(7)2/h1-14H;3-6H,1-2H3. The van der Waals surface area contributed by atoms with Crippen molar-refractivity contribution in [3.63, 3.8) is 0 Å². The van der Waals surface area contributed by atoms with E-state index in [1.54, 1.807) is 0 Å². The maximum atomic E-state index is 2.24. The predicted octanol–water partition coefficient (Wildman–Crippen LogP) is 7.32. The molecule has 0 aliphatic rings. The average molecular weight is 336 g/mol. The van der Waals surface area contributed by atoms with Gasteiger partial charge in [0.2, 0.25) is 0 Å². The van der Waals surface area contributed by atoms with Crippen molar-refractivity contribution in [3.05, 3.63) is 120 Å². The minimum Gasteiger partial charge on any atom is -0.0622 e. The summed E-state index contributed by atoms with van der Waals surface area (Å²) in [5.41, 5.74) is 7.78. The van der Waals surface area contributed by atoms with E-state index < -0.39 is 0 Å². The van der Waals surface area contributed by atoms with E-state index in [2.05, 4.69) is 111 Å². The summed E-state index contributed by atoms with van der Waals surface area (Å²) in [5, 5.41) is 0. The van der Waals surface area contributed by atoms with E-state index in [0.29, 0.717) is 0 Å². The van der Waals surface area contributed by atoms with Crippen LogP contribution in [-0.4, -0.2) is 0 Å². The maximum absolute atomic E-state index is 2.24. The topological polar surface area (TPSA) is 0 Å². The summed E-state index contributed by atoms with van der Waals surface area (Å²) in [7, 11) is 0. The summed E-state index contributed by atoms with van der Waals surface area (Å²) < 4.78 is 0. The zero-order chi connectivity index (χ0) is 18.2. The summed E-state index contributed by atoms with van der Waals surface area (Å²) in [6, 6.07) is 38.0. The molecule has 0 bridgehead atoms. The Kier molecular flexibility index (Phi) is 6.01. The van der Waals surface area contributed by atoms with Crippen molar-refractivity contribution < 1.29 is 0 Å². The maximum Gasteiger partial charge on any atom is -0.0178 e. The Balaban J connectivity index is 0.000000206. The van der Waals surface area contributed by atoms with E-state index in [1.807, 2.05) is 12.1 Å². The number of benzene rings is 4. The fraction of sp³-hybridized carbons (Fsp3) is 0.0769. The van der Waals surface area contributed by atoms with E-state index in [-0.39, 0.29) is 0 Å². The van der Waals surface area contributed by atoms with E-state index in [4.69, 9.17) is 0 Å². The van der Waals surface area contributed by atoms with Gasteiger partial charge in [0.15, 0.2) is 0 Å². The molecule has 128 valence electrons. The fourth-order valence-corrected chi connectivity index (χ4v) is 2.80. The van der Waals surface area contributed by atoms with Gasteiger partial charge < -0.3 is 0 Å². The van der Waals surface area contributed by atoms with Crippen LogP contribution in [0.3, 0.4) is 0 Å². The molecule has 4 aromatic carbocycles. The molecule has 4 aromatic rings. The Bertz CT molecular complexity index is 862. The fourth-order valence-electron chi connectivity index (χ4n) is 2.80. The molecule has 0 radical (unpaired) electrons. The van der Waals surface area contributed by atoms with E-state index in [1.165, 1.54) is 33.4 Å². The Hall–Kier alpha value is -3.12. The molecule has 0 N–H and O–H groups in total. The van der Waals surface area contributed by atoms with Gasteiger partial charge in [0.05, 0.1) is 0 Å². The SMILES string of the molecule is Cc1ccccc1C.c1ccc(-c2cccc(-c3ccccc3)c2)cc1. The predicted molar refractivity (Wildman–Crippen MR) is 113 cm³/mol. The third-order valence-electron chi connectivity index (χ3n) is 4.50. The first-order chi connectivity index (χ1) is 12.7. The highest BCUT2D eigenvalue weighted by Crippen LogP contribution is 2.25. The van der Waals surface area contributed by atoms with E-state index in [0.717, 1.165) is 0 Å². The van der Waals surface area contributed by atoms with Crippen molar-refractivity contribution in [2.24, 2.45) is 0 Å². The molecule has 0 aliphatic heterocycles. The van der Waals surface area contributed by atoms with Gasteiger partial charge in [0.1, 0.15) is 0 Å². The van der Waals surface area contributed by atoms with Gasteiger partial charge in [-0.2, -0.15) is 0 Å². The van der Waals surface area contributed by atoms with Crippen molar-refractivity contribution >= 4 is 0 Å². The van der Waals surface area contributed by atoms with Crippen LogP contribution in [0.15, 0.2) is 109 Å². The number of hydrogen-bond donors (Lipinski definition) is 0. The number of rotatable bonds is 2. The van der Waals surface area contributed by atoms with Gasteiger partial charge in [-0.25, -0.2) is 0 Å². The second-order valence-corrected chi connectivity index (χ2v) is 6.40. The van der Waals surface area contributed by atoms with Crippen LogP contribution in [0.5, 0.6) is 0 Å². The van der Waals surface area contributed by atoms with Crippen molar-refractivity contribution in [2.45, 2.75) is 13.8 Å². The van der Waals surface area contributed by atoms with Crippen LogP contribution in [0.1, 0.15) is 11.1 Å². The van der Waals surface area contributed by atoms with Crippen molar-refractivity contribution in [2.75, 3.05) is 0 Å². The second kappa shape index (κ2) is 8.82. The molecule has 0 amide bonds. The Labute approximate surface area is 156 Å². The number of aryl methyl sites for hydroxylation is 2. The largest absolute Gasteiger partial charge is 0.0622 e. The van der Waals surface area contributed by atoms with Crippen LogP contribution < -0.4 is 0 Å². The smallest absolute Gasteiger partial charge is 0.0178 e. The average Bonchev–Trinajstić information content (AvgIpc) is 2.72. The molecule has 0 aliphatic carbocycles. The summed E-state index contributed by atoms with van der Waals surface area (Å²) in [6.45, 7) is 4.24. The van der Waals surface area contributed by atoms with Crippen LogP contribution in [0.2, 0.25) is 0 Å². The third kappa shape index (κ3) is 4.70. The minimum absolute atomic E-state index is 1.26. The first kappa shape index (κ1) is 17.7. The first-order valence-corrected chi connectivity index (χ1v) is 8.97. The molecular weight excluding hydrogens is 312 g/mol. The molecule has 0 fully saturated rings. The Morgan fingerprint density at radius 1 is 0.346 bits per heavy atom. The van der Waals surface area contributed by atoms with Crippen LogP contribution in [0.25, 0.3) is 22.3 Å².